The number of amides is 2. The number of rotatable bonds is 5. The molecule has 0 fully saturated rings. The molecular weight excluding hydrogens is 319 g/mol. The third kappa shape index (κ3) is 5.79. The summed E-state index contributed by atoms with van der Waals surface area (Å²) >= 11 is 11.9. The molecule has 0 heterocycles. The minimum atomic E-state index is -1.54. The normalized spacial score (nSPS) is 13.4. The van der Waals surface area contributed by atoms with Crippen molar-refractivity contribution in [1.82, 2.24) is 5.32 Å². The van der Waals surface area contributed by atoms with Crippen LogP contribution in [0.1, 0.15) is 18.9 Å². The van der Waals surface area contributed by atoms with Crippen LogP contribution in [0.5, 0.6) is 0 Å². The van der Waals surface area contributed by atoms with Gasteiger partial charge in [-0.3, -0.25) is 4.79 Å². The second-order valence-corrected chi connectivity index (χ2v) is 5.77. The summed E-state index contributed by atoms with van der Waals surface area (Å²) in [5.41, 5.74) is -0.447. The van der Waals surface area contributed by atoms with Crippen molar-refractivity contribution >= 4 is 40.9 Å². The summed E-state index contributed by atoms with van der Waals surface area (Å²) in [6, 6.07) is 2.50. The van der Waals surface area contributed by atoms with Crippen LogP contribution in [0.2, 0.25) is 10.0 Å². The van der Waals surface area contributed by atoms with Crippen molar-refractivity contribution in [2.45, 2.75) is 25.9 Å². The fourth-order valence-electron chi connectivity index (χ4n) is 1.57. The quantitative estimate of drug-likeness (QED) is 0.665. The Labute approximate surface area is 132 Å². The molecule has 4 N–H and O–H groups in total. The topological polar surface area (TPSA) is 98.7 Å². The van der Waals surface area contributed by atoms with Crippen LogP contribution in [0.15, 0.2) is 12.1 Å². The van der Waals surface area contributed by atoms with Gasteiger partial charge < -0.3 is 20.8 Å². The van der Waals surface area contributed by atoms with E-state index < -0.39 is 24.0 Å². The van der Waals surface area contributed by atoms with E-state index in [-0.39, 0.29) is 6.54 Å². The van der Waals surface area contributed by atoms with E-state index in [9.17, 15) is 14.7 Å². The van der Waals surface area contributed by atoms with Gasteiger partial charge in [-0.15, -0.1) is 0 Å². The molecule has 0 radical (unpaired) electrons. The highest BCUT2D eigenvalue weighted by Gasteiger charge is 2.24. The standard InChI is InChI=1S/C13H16Cl2N2O4/c1-7-3-9(15)10(4-8(7)14)17-12(20)16-6-13(2,21)5-11(18)19/h3-4,21H,5-6H2,1-2H3,(H,18,19)(H2,16,17,20). The molecule has 1 aromatic rings. The molecule has 0 saturated heterocycles. The third-order valence-corrected chi connectivity index (χ3v) is 3.38. The highest BCUT2D eigenvalue weighted by molar-refractivity contribution is 6.36. The van der Waals surface area contributed by atoms with Crippen LogP contribution in [-0.2, 0) is 4.79 Å². The van der Waals surface area contributed by atoms with Crippen LogP contribution in [-0.4, -0.2) is 34.4 Å². The number of hydrogen-bond acceptors (Lipinski definition) is 3. The van der Waals surface area contributed by atoms with Crippen LogP contribution < -0.4 is 10.6 Å². The first-order chi connectivity index (χ1) is 9.60. The number of carbonyl (C=O) groups is 2. The lowest BCUT2D eigenvalue weighted by Crippen LogP contribution is -2.43. The molecule has 2 amide bonds. The van der Waals surface area contributed by atoms with Gasteiger partial charge in [-0.2, -0.15) is 0 Å². The lowest BCUT2D eigenvalue weighted by molar-refractivity contribution is -0.141. The molecule has 8 heteroatoms. The van der Waals surface area contributed by atoms with Crippen molar-refractivity contribution in [2.75, 3.05) is 11.9 Å². The lowest BCUT2D eigenvalue weighted by atomic mass is 10.0. The first-order valence-electron chi connectivity index (χ1n) is 6.05. The predicted molar refractivity (Wildman–Crippen MR) is 81.1 cm³/mol. The number of hydrogen-bond donors (Lipinski definition) is 4. The molecule has 1 rings (SSSR count). The average Bonchev–Trinajstić information content (AvgIpc) is 2.32. The number of carboxylic acids is 1. The van der Waals surface area contributed by atoms with E-state index in [1.54, 1.807) is 13.0 Å². The van der Waals surface area contributed by atoms with Crippen LogP contribution in [0.25, 0.3) is 0 Å². The molecule has 1 aromatic carbocycles. The maximum atomic E-state index is 11.7. The fraction of sp³-hybridized carbons (Fsp3) is 0.385. The van der Waals surface area contributed by atoms with Gasteiger partial charge in [0.2, 0.25) is 0 Å². The molecule has 1 atom stereocenters. The van der Waals surface area contributed by atoms with Gasteiger partial charge in [-0.05, 0) is 31.5 Å². The van der Waals surface area contributed by atoms with Gasteiger partial charge in [0.15, 0.2) is 0 Å². The zero-order valence-electron chi connectivity index (χ0n) is 11.5. The van der Waals surface area contributed by atoms with Crippen molar-refractivity contribution in [1.29, 1.82) is 0 Å². The van der Waals surface area contributed by atoms with Gasteiger partial charge in [-0.25, -0.2) is 4.79 Å². The zero-order valence-corrected chi connectivity index (χ0v) is 13.0. The van der Waals surface area contributed by atoms with Crippen LogP contribution in [0.3, 0.4) is 0 Å². The molecule has 116 valence electrons. The molecule has 0 bridgehead atoms. The minimum absolute atomic E-state index is 0.220. The molecule has 0 aliphatic rings. The Morgan fingerprint density at radius 3 is 2.48 bits per heavy atom. The summed E-state index contributed by atoms with van der Waals surface area (Å²) in [5, 5.41) is 24.0. The Balaban J connectivity index is 2.62. The number of carbonyl (C=O) groups excluding carboxylic acids is 1. The Bertz CT molecular complexity index is 561. The fourth-order valence-corrected chi connectivity index (χ4v) is 2.00. The summed E-state index contributed by atoms with van der Waals surface area (Å²) in [6.45, 7) is 2.88. The van der Waals surface area contributed by atoms with Gasteiger partial charge in [0.05, 0.1) is 22.7 Å². The summed E-state index contributed by atoms with van der Waals surface area (Å²) in [7, 11) is 0. The molecule has 0 aliphatic carbocycles. The molecule has 0 spiro atoms. The zero-order chi connectivity index (χ0) is 16.2. The number of halogens is 2. The third-order valence-electron chi connectivity index (χ3n) is 2.66. The number of anilines is 1. The highest BCUT2D eigenvalue weighted by Crippen LogP contribution is 2.28. The summed E-state index contributed by atoms with van der Waals surface area (Å²) in [4.78, 5) is 22.3. The van der Waals surface area contributed by atoms with Crippen molar-refractivity contribution in [2.24, 2.45) is 0 Å². The van der Waals surface area contributed by atoms with Crippen LogP contribution in [0.4, 0.5) is 10.5 Å². The van der Waals surface area contributed by atoms with E-state index >= 15 is 0 Å². The van der Waals surface area contributed by atoms with E-state index in [2.05, 4.69) is 10.6 Å². The number of aliphatic hydroxyl groups is 1. The van der Waals surface area contributed by atoms with Crippen molar-refractivity contribution in [3.63, 3.8) is 0 Å². The molecule has 0 saturated carbocycles. The number of benzene rings is 1. The van der Waals surface area contributed by atoms with E-state index in [4.69, 9.17) is 28.3 Å². The number of aliphatic carboxylic acids is 1. The van der Waals surface area contributed by atoms with Gasteiger partial charge in [-0.1, -0.05) is 23.2 Å². The lowest BCUT2D eigenvalue weighted by Gasteiger charge is -2.21. The molecule has 1 unspecified atom stereocenters. The number of urea groups is 1. The Morgan fingerprint density at radius 2 is 1.90 bits per heavy atom. The first kappa shape index (κ1) is 17.6. The van der Waals surface area contributed by atoms with Gasteiger partial charge in [0, 0.05) is 11.6 Å². The van der Waals surface area contributed by atoms with Crippen LogP contribution in [0, 0.1) is 6.92 Å². The number of aryl methyl sites for hydroxylation is 1. The predicted octanol–water partition coefficient (Wildman–Crippen LogP) is 2.65. The largest absolute Gasteiger partial charge is 0.481 e. The second-order valence-electron chi connectivity index (χ2n) is 4.96. The number of carboxylic acid groups (broad SMARTS) is 1. The second kappa shape index (κ2) is 6.98. The van der Waals surface area contributed by atoms with Gasteiger partial charge in [0.1, 0.15) is 0 Å². The van der Waals surface area contributed by atoms with Crippen molar-refractivity contribution < 1.29 is 19.8 Å². The van der Waals surface area contributed by atoms with E-state index in [0.29, 0.717) is 15.7 Å². The van der Waals surface area contributed by atoms with Gasteiger partial charge in [0.25, 0.3) is 0 Å². The van der Waals surface area contributed by atoms with Crippen molar-refractivity contribution in [3.05, 3.63) is 27.7 Å². The van der Waals surface area contributed by atoms with Crippen LogP contribution >= 0.6 is 23.2 Å². The van der Waals surface area contributed by atoms with Gasteiger partial charge >= 0.3 is 12.0 Å². The Kier molecular flexibility index (Phi) is 5.83. The molecule has 0 aromatic heterocycles. The van der Waals surface area contributed by atoms with E-state index in [0.717, 1.165) is 5.56 Å². The summed E-state index contributed by atoms with van der Waals surface area (Å²) < 4.78 is 0. The molecule has 6 nitrogen and oxygen atoms in total. The highest BCUT2D eigenvalue weighted by atomic mass is 35.5. The number of nitrogens with one attached hydrogen (secondary N) is 2. The molecule has 0 aliphatic heterocycles. The van der Waals surface area contributed by atoms with Crippen molar-refractivity contribution in [3.8, 4) is 0 Å². The Morgan fingerprint density at radius 1 is 1.29 bits per heavy atom. The maximum Gasteiger partial charge on any atom is 0.319 e. The summed E-state index contributed by atoms with van der Waals surface area (Å²) in [6.07, 6.45) is -0.482. The monoisotopic (exact) mass is 334 g/mol. The SMILES string of the molecule is Cc1cc(Cl)c(NC(=O)NCC(C)(O)CC(=O)O)cc1Cl. The average molecular weight is 335 g/mol. The summed E-state index contributed by atoms with van der Waals surface area (Å²) in [5.74, 6) is -1.16. The molecular formula is C13H16Cl2N2O4. The Hall–Kier alpha value is -1.50. The van der Waals surface area contributed by atoms with E-state index in [1.807, 2.05) is 0 Å². The molecule has 21 heavy (non-hydrogen) atoms. The minimum Gasteiger partial charge on any atom is -0.481 e. The first-order valence-corrected chi connectivity index (χ1v) is 6.81. The van der Waals surface area contributed by atoms with E-state index in [1.165, 1.54) is 13.0 Å². The maximum absolute atomic E-state index is 11.7. The smallest absolute Gasteiger partial charge is 0.319 e.